The Balaban J connectivity index is 1.97. The summed E-state index contributed by atoms with van der Waals surface area (Å²) in [7, 11) is 0. The lowest BCUT2D eigenvalue weighted by Gasteiger charge is -2.08. The molecule has 0 radical (unpaired) electrons. The second-order valence-corrected chi connectivity index (χ2v) is 4.62. The summed E-state index contributed by atoms with van der Waals surface area (Å²) in [5.74, 6) is 1.14. The molecule has 1 aliphatic rings. The van der Waals surface area contributed by atoms with Gasteiger partial charge in [0.25, 0.3) is 0 Å². The molecule has 3 aromatic rings. The van der Waals surface area contributed by atoms with Crippen molar-refractivity contribution in [1.82, 2.24) is 15.0 Å². The fraction of sp³-hybridized carbons (Fsp3) is 0.133. The highest BCUT2D eigenvalue weighted by Gasteiger charge is 2.27. The van der Waals surface area contributed by atoms with Crippen molar-refractivity contribution in [2.45, 2.75) is 12.3 Å². The first kappa shape index (κ1) is 9.71. The van der Waals surface area contributed by atoms with Crippen molar-refractivity contribution in [3.05, 3.63) is 66.0 Å². The molecule has 1 heterocycles. The Morgan fingerprint density at radius 1 is 0.944 bits per heavy atom. The smallest absolute Gasteiger partial charge is 0.139 e. The molecule has 1 aliphatic carbocycles. The summed E-state index contributed by atoms with van der Waals surface area (Å²) >= 11 is 0. The Morgan fingerprint density at radius 3 is 2.56 bits per heavy atom. The summed E-state index contributed by atoms with van der Waals surface area (Å²) in [4.78, 5) is 12.5. The number of nitrogens with zero attached hydrogens (tertiary/aromatic N) is 3. The van der Waals surface area contributed by atoms with Gasteiger partial charge in [-0.25, -0.2) is 15.0 Å². The molecule has 3 nitrogen and oxygen atoms in total. The van der Waals surface area contributed by atoms with Crippen LogP contribution >= 0.6 is 0 Å². The van der Waals surface area contributed by atoms with Gasteiger partial charge in [0.15, 0.2) is 0 Å². The van der Waals surface area contributed by atoms with Gasteiger partial charge in [-0.2, -0.15) is 0 Å². The Hall–Kier alpha value is -2.29. The largest absolute Gasteiger partial charge is 0.225 e. The molecule has 0 saturated heterocycles. The van der Waals surface area contributed by atoms with Crippen LogP contribution in [0.2, 0.25) is 0 Å². The number of benzene rings is 2. The predicted molar refractivity (Wildman–Crippen MR) is 69.3 cm³/mol. The number of hydrogen-bond acceptors (Lipinski definition) is 3. The molecule has 1 unspecified atom stereocenters. The molecule has 0 saturated carbocycles. The molecule has 3 heteroatoms. The molecule has 2 aromatic carbocycles. The minimum Gasteiger partial charge on any atom is -0.225 e. The van der Waals surface area contributed by atoms with Crippen molar-refractivity contribution in [2.24, 2.45) is 0 Å². The maximum Gasteiger partial charge on any atom is 0.139 e. The van der Waals surface area contributed by atoms with E-state index in [0.29, 0.717) is 0 Å². The van der Waals surface area contributed by atoms with E-state index in [1.54, 1.807) is 12.7 Å². The van der Waals surface area contributed by atoms with Crippen LogP contribution in [0.1, 0.15) is 22.9 Å². The van der Waals surface area contributed by atoms with Crippen molar-refractivity contribution in [3.63, 3.8) is 0 Å². The zero-order valence-corrected chi connectivity index (χ0v) is 9.74. The van der Waals surface area contributed by atoms with Gasteiger partial charge in [-0.1, -0.05) is 36.4 Å². The van der Waals surface area contributed by atoms with E-state index in [1.807, 2.05) is 0 Å². The van der Waals surface area contributed by atoms with Crippen LogP contribution in [-0.4, -0.2) is 15.0 Å². The van der Waals surface area contributed by atoms with Crippen LogP contribution in [0.4, 0.5) is 0 Å². The molecule has 0 aliphatic heterocycles. The molecular weight excluding hydrogens is 222 g/mol. The summed E-state index contributed by atoms with van der Waals surface area (Å²) in [6.07, 6.45) is 4.14. The zero-order chi connectivity index (χ0) is 11.9. The number of aromatic nitrogens is 3. The highest BCUT2D eigenvalue weighted by atomic mass is 15.0. The van der Waals surface area contributed by atoms with Crippen LogP contribution in [0.5, 0.6) is 0 Å². The van der Waals surface area contributed by atoms with E-state index < -0.39 is 0 Å². The Labute approximate surface area is 105 Å². The molecular formula is C15H11N3. The first-order chi connectivity index (χ1) is 8.93. The summed E-state index contributed by atoms with van der Waals surface area (Å²) in [6, 6.07) is 13.0. The molecule has 0 N–H and O–H groups in total. The SMILES string of the molecule is c1cc2c3c(cccc3c1)C(c1ncncn1)C2. The molecule has 86 valence electrons. The summed E-state index contributed by atoms with van der Waals surface area (Å²) < 4.78 is 0. The first-order valence-electron chi connectivity index (χ1n) is 6.06. The average Bonchev–Trinajstić information content (AvgIpc) is 2.82. The Morgan fingerprint density at radius 2 is 1.72 bits per heavy atom. The van der Waals surface area contributed by atoms with Gasteiger partial charge in [-0.3, -0.25) is 0 Å². The van der Waals surface area contributed by atoms with Crippen LogP contribution in [-0.2, 0) is 6.42 Å². The lowest BCUT2D eigenvalue weighted by atomic mass is 9.99. The molecule has 1 atom stereocenters. The van der Waals surface area contributed by atoms with Crippen molar-refractivity contribution in [1.29, 1.82) is 0 Å². The molecule has 1 aromatic heterocycles. The summed E-state index contributed by atoms with van der Waals surface area (Å²) in [6.45, 7) is 0. The topological polar surface area (TPSA) is 38.7 Å². The minimum atomic E-state index is 0.272. The van der Waals surface area contributed by atoms with Crippen molar-refractivity contribution < 1.29 is 0 Å². The Bertz CT molecular complexity index is 717. The number of hydrogen-bond donors (Lipinski definition) is 0. The van der Waals surface area contributed by atoms with E-state index in [1.165, 1.54) is 21.9 Å². The van der Waals surface area contributed by atoms with Gasteiger partial charge in [-0.05, 0) is 28.3 Å². The standard InChI is InChI=1S/C15H11N3/c1-3-10-4-2-6-12-13(7-11(5-1)14(10)12)15-17-8-16-9-18-15/h1-6,8-9,13H,7H2. The van der Waals surface area contributed by atoms with Gasteiger partial charge in [-0.15, -0.1) is 0 Å². The van der Waals surface area contributed by atoms with Crippen LogP contribution in [0.25, 0.3) is 10.8 Å². The van der Waals surface area contributed by atoms with Gasteiger partial charge >= 0.3 is 0 Å². The zero-order valence-electron chi connectivity index (χ0n) is 9.74. The predicted octanol–water partition coefficient (Wildman–Crippen LogP) is 2.71. The van der Waals surface area contributed by atoms with E-state index in [9.17, 15) is 0 Å². The molecule has 0 spiro atoms. The van der Waals surface area contributed by atoms with Gasteiger partial charge in [0.2, 0.25) is 0 Å². The normalized spacial score (nSPS) is 17.2. The van der Waals surface area contributed by atoms with E-state index in [4.69, 9.17) is 0 Å². The first-order valence-corrected chi connectivity index (χ1v) is 6.06. The van der Waals surface area contributed by atoms with Crippen LogP contribution in [0.15, 0.2) is 49.1 Å². The highest BCUT2D eigenvalue weighted by Crippen LogP contribution is 2.40. The molecule has 4 rings (SSSR count). The van der Waals surface area contributed by atoms with Crippen LogP contribution in [0.3, 0.4) is 0 Å². The van der Waals surface area contributed by atoms with Crippen LogP contribution < -0.4 is 0 Å². The summed E-state index contributed by atoms with van der Waals surface area (Å²) in [5.41, 5.74) is 2.74. The minimum absolute atomic E-state index is 0.272. The quantitative estimate of drug-likeness (QED) is 0.648. The molecule has 0 amide bonds. The fourth-order valence-electron chi connectivity index (χ4n) is 2.90. The van der Waals surface area contributed by atoms with Crippen molar-refractivity contribution in [3.8, 4) is 0 Å². The maximum atomic E-state index is 4.31. The van der Waals surface area contributed by atoms with Gasteiger partial charge in [0.05, 0.1) is 0 Å². The average molecular weight is 233 g/mol. The third-order valence-corrected chi connectivity index (χ3v) is 3.65. The van der Waals surface area contributed by atoms with Crippen LogP contribution in [0, 0.1) is 0 Å². The lowest BCUT2D eigenvalue weighted by Crippen LogP contribution is -2.04. The van der Waals surface area contributed by atoms with E-state index in [-0.39, 0.29) is 5.92 Å². The van der Waals surface area contributed by atoms with E-state index in [0.717, 1.165) is 12.2 Å². The van der Waals surface area contributed by atoms with Gasteiger partial charge < -0.3 is 0 Å². The van der Waals surface area contributed by atoms with Crippen molar-refractivity contribution >= 4 is 10.8 Å². The number of rotatable bonds is 1. The highest BCUT2D eigenvalue weighted by molar-refractivity contribution is 5.91. The van der Waals surface area contributed by atoms with E-state index in [2.05, 4.69) is 51.4 Å². The van der Waals surface area contributed by atoms with Crippen molar-refractivity contribution in [2.75, 3.05) is 0 Å². The second-order valence-electron chi connectivity index (χ2n) is 4.62. The van der Waals surface area contributed by atoms with Gasteiger partial charge in [0.1, 0.15) is 18.5 Å². The summed E-state index contributed by atoms with van der Waals surface area (Å²) in [5, 5.41) is 2.69. The maximum absolute atomic E-state index is 4.31. The van der Waals surface area contributed by atoms with E-state index >= 15 is 0 Å². The lowest BCUT2D eigenvalue weighted by molar-refractivity contribution is 0.753. The fourth-order valence-corrected chi connectivity index (χ4v) is 2.90. The third kappa shape index (κ3) is 1.27. The molecule has 18 heavy (non-hydrogen) atoms. The second kappa shape index (κ2) is 3.60. The Kier molecular flexibility index (Phi) is 1.94. The molecule has 0 fully saturated rings. The van der Waals surface area contributed by atoms with Gasteiger partial charge in [0, 0.05) is 5.92 Å². The monoisotopic (exact) mass is 233 g/mol. The molecule has 0 bridgehead atoms. The third-order valence-electron chi connectivity index (χ3n) is 3.65.